The molecule has 0 aromatic rings. The Balaban J connectivity index is 3.55. The molecule has 0 aliphatic heterocycles. The van der Waals surface area contributed by atoms with Crippen molar-refractivity contribution >= 4 is 12.2 Å². The SMILES string of the molecule is O=C=NC=COC=CN=C=O. The highest BCUT2D eigenvalue weighted by molar-refractivity contribution is 5.34. The highest BCUT2D eigenvalue weighted by Gasteiger charge is 1.65. The van der Waals surface area contributed by atoms with Crippen LogP contribution in [0.1, 0.15) is 0 Å². The number of aliphatic imine (C=N–C) groups is 2. The largest absolute Gasteiger partial charge is 0.469 e. The lowest BCUT2D eigenvalue weighted by molar-refractivity contribution is 0.400. The van der Waals surface area contributed by atoms with Gasteiger partial charge in [-0.15, -0.1) is 0 Å². The molecule has 56 valence electrons. The van der Waals surface area contributed by atoms with Crippen LogP contribution in [0.15, 0.2) is 34.9 Å². The minimum Gasteiger partial charge on any atom is -0.469 e. The van der Waals surface area contributed by atoms with Crippen LogP contribution in [0.25, 0.3) is 0 Å². The molecule has 5 nitrogen and oxygen atoms in total. The summed E-state index contributed by atoms with van der Waals surface area (Å²) in [5, 5.41) is 0. The molecule has 0 atom stereocenters. The summed E-state index contributed by atoms with van der Waals surface area (Å²) in [4.78, 5) is 25.0. The Kier molecular flexibility index (Phi) is 6.61. The molecular weight excluding hydrogens is 148 g/mol. The molecule has 0 aliphatic carbocycles. The topological polar surface area (TPSA) is 68.1 Å². The third-order valence-corrected chi connectivity index (χ3v) is 0.533. The number of ether oxygens (including phenoxy) is 1. The Hall–Kier alpha value is -1.96. The van der Waals surface area contributed by atoms with E-state index < -0.39 is 0 Å². The smallest absolute Gasteiger partial charge is 0.240 e. The molecule has 0 rings (SSSR count). The zero-order chi connectivity index (χ0) is 8.36. The van der Waals surface area contributed by atoms with Crippen LogP contribution < -0.4 is 0 Å². The zero-order valence-electron chi connectivity index (χ0n) is 5.43. The van der Waals surface area contributed by atoms with Crippen LogP contribution in [0.2, 0.25) is 0 Å². The van der Waals surface area contributed by atoms with E-state index in [4.69, 9.17) is 0 Å². The van der Waals surface area contributed by atoms with Gasteiger partial charge < -0.3 is 4.74 Å². The summed E-state index contributed by atoms with van der Waals surface area (Å²) < 4.78 is 4.53. The van der Waals surface area contributed by atoms with Gasteiger partial charge in [0.15, 0.2) is 0 Å². The third-order valence-electron chi connectivity index (χ3n) is 0.533. The van der Waals surface area contributed by atoms with Crippen molar-refractivity contribution in [1.29, 1.82) is 0 Å². The number of nitrogens with zero attached hydrogens (tertiary/aromatic N) is 2. The fourth-order valence-electron chi connectivity index (χ4n) is 0.237. The van der Waals surface area contributed by atoms with E-state index in [1.165, 1.54) is 12.2 Å². The number of isocyanates is 2. The lowest BCUT2D eigenvalue weighted by atomic mass is 10.9. The average molecular weight is 152 g/mol. The number of hydrogen-bond acceptors (Lipinski definition) is 5. The van der Waals surface area contributed by atoms with Gasteiger partial charge in [-0.1, -0.05) is 0 Å². The quantitative estimate of drug-likeness (QED) is 0.337. The highest BCUT2D eigenvalue weighted by Crippen LogP contribution is 1.80. The van der Waals surface area contributed by atoms with E-state index >= 15 is 0 Å². The number of rotatable bonds is 4. The lowest BCUT2D eigenvalue weighted by Crippen LogP contribution is -1.62. The first-order chi connectivity index (χ1) is 5.41. The predicted octanol–water partition coefficient (Wildman–Crippen LogP) is 0.617. The second kappa shape index (κ2) is 8.04. The Morgan fingerprint density at radius 1 is 1.00 bits per heavy atom. The summed E-state index contributed by atoms with van der Waals surface area (Å²) in [5.74, 6) is 0. The molecule has 0 bridgehead atoms. The first-order valence-corrected chi connectivity index (χ1v) is 2.51. The van der Waals surface area contributed by atoms with Crippen molar-refractivity contribution < 1.29 is 14.3 Å². The van der Waals surface area contributed by atoms with Gasteiger partial charge in [0.1, 0.15) is 12.5 Å². The minimum atomic E-state index is 1.10. The molecule has 0 radical (unpaired) electrons. The van der Waals surface area contributed by atoms with Gasteiger partial charge in [-0.25, -0.2) is 9.59 Å². The first kappa shape index (κ1) is 9.04. The standard InChI is InChI=1S/C6H4N2O3/c9-5-7-1-3-11-4-2-8-6-10/h1-4H. The second-order valence-corrected chi connectivity index (χ2v) is 1.15. The van der Waals surface area contributed by atoms with Gasteiger partial charge in [-0.3, -0.25) is 0 Å². The van der Waals surface area contributed by atoms with Crippen molar-refractivity contribution in [3.8, 4) is 0 Å². The summed E-state index contributed by atoms with van der Waals surface area (Å²) in [6, 6.07) is 0. The van der Waals surface area contributed by atoms with Crippen LogP contribution >= 0.6 is 0 Å². The zero-order valence-corrected chi connectivity index (χ0v) is 5.43. The van der Waals surface area contributed by atoms with Crippen LogP contribution in [0.4, 0.5) is 0 Å². The number of carbonyl (C=O) groups excluding carboxylic acids is 2. The van der Waals surface area contributed by atoms with Gasteiger partial charge in [0.25, 0.3) is 0 Å². The van der Waals surface area contributed by atoms with Crippen molar-refractivity contribution in [1.82, 2.24) is 0 Å². The molecule has 0 amide bonds. The van der Waals surface area contributed by atoms with Gasteiger partial charge in [-0.05, 0) is 0 Å². The summed E-state index contributed by atoms with van der Waals surface area (Å²) in [6.07, 6.45) is 6.99. The Bertz CT molecular complexity index is 219. The first-order valence-electron chi connectivity index (χ1n) is 2.51. The molecule has 0 aromatic heterocycles. The van der Waals surface area contributed by atoms with E-state index in [0.717, 1.165) is 24.9 Å². The van der Waals surface area contributed by atoms with Gasteiger partial charge in [0, 0.05) is 0 Å². The monoisotopic (exact) mass is 152 g/mol. The van der Waals surface area contributed by atoms with E-state index in [9.17, 15) is 9.59 Å². The second-order valence-electron chi connectivity index (χ2n) is 1.15. The number of hydrogen-bond donors (Lipinski definition) is 0. The molecule has 0 saturated carbocycles. The lowest BCUT2D eigenvalue weighted by Gasteiger charge is -1.81. The van der Waals surface area contributed by atoms with Crippen LogP contribution in [0.5, 0.6) is 0 Å². The molecule has 0 unspecified atom stereocenters. The maximum absolute atomic E-state index is 9.45. The van der Waals surface area contributed by atoms with E-state index in [2.05, 4.69) is 14.7 Å². The maximum atomic E-state index is 9.45. The predicted molar refractivity (Wildman–Crippen MR) is 35.6 cm³/mol. The van der Waals surface area contributed by atoms with Crippen LogP contribution in [0, 0.1) is 0 Å². The molecule has 0 aliphatic rings. The van der Waals surface area contributed by atoms with E-state index in [0.29, 0.717) is 0 Å². The van der Waals surface area contributed by atoms with E-state index in [1.807, 2.05) is 0 Å². The third kappa shape index (κ3) is 8.04. The summed E-state index contributed by atoms with van der Waals surface area (Å²) in [6.45, 7) is 0. The van der Waals surface area contributed by atoms with Gasteiger partial charge in [0.2, 0.25) is 12.2 Å². The Labute approximate surface area is 62.4 Å². The Morgan fingerprint density at radius 2 is 1.45 bits per heavy atom. The summed E-state index contributed by atoms with van der Waals surface area (Å²) >= 11 is 0. The minimum absolute atomic E-state index is 1.10. The molecule has 0 spiro atoms. The molecule has 0 saturated heterocycles. The summed E-state index contributed by atoms with van der Waals surface area (Å²) in [5.41, 5.74) is 0. The van der Waals surface area contributed by atoms with Crippen molar-refractivity contribution in [2.45, 2.75) is 0 Å². The van der Waals surface area contributed by atoms with Crippen molar-refractivity contribution in [2.24, 2.45) is 9.98 Å². The molecule has 0 N–H and O–H groups in total. The van der Waals surface area contributed by atoms with Crippen molar-refractivity contribution in [2.75, 3.05) is 0 Å². The van der Waals surface area contributed by atoms with Crippen LogP contribution in [0.3, 0.4) is 0 Å². The van der Waals surface area contributed by atoms with E-state index in [1.54, 1.807) is 0 Å². The van der Waals surface area contributed by atoms with Crippen molar-refractivity contribution in [3.63, 3.8) is 0 Å². The van der Waals surface area contributed by atoms with Crippen LogP contribution in [-0.4, -0.2) is 12.2 Å². The van der Waals surface area contributed by atoms with Gasteiger partial charge >= 0.3 is 0 Å². The summed E-state index contributed by atoms with van der Waals surface area (Å²) in [7, 11) is 0. The maximum Gasteiger partial charge on any atom is 0.240 e. The molecular formula is C6H4N2O3. The molecule has 11 heavy (non-hydrogen) atoms. The Morgan fingerprint density at radius 3 is 1.82 bits per heavy atom. The van der Waals surface area contributed by atoms with Gasteiger partial charge in [0.05, 0.1) is 12.4 Å². The molecule has 0 fully saturated rings. The fraction of sp³-hybridized carbons (Fsp3) is 0. The highest BCUT2D eigenvalue weighted by atomic mass is 16.5. The van der Waals surface area contributed by atoms with E-state index in [-0.39, 0.29) is 0 Å². The van der Waals surface area contributed by atoms with Crippen LogP contribution in [-0.2, 0) is 14.3 Å². The molecule has 0 aromatic carbocycles. The van der Waals surface area contributed by atoms with Crippen molar-refractivity contribution in [3.05, 3.63) is 24.9 Å². The molecule has 5 heteroatoms. The molecule has 0 heterocycles. The average Bonchev–Trinajstić information content (AvgIpc) is 2.03. The fourth-order valence-corrected chi connectivity index (χ4v) is 0.237. The normalized spacial score (nSPS) is 9.09. The van der Waals surface area contributed by atoms with Gasteiger partial charge in [-0.2, -0.15) is 9.98 Å².